The van der Waals surface area contributed by atoms with Crippen LogP contribution in [0.1, 0.15) is 5.56 Å². The van der Waals surface area contributed by atoms with Crippen LogP contribution in [0.25, 0.3) is 22.6 Å². The molecule has 0 bridgehead atoms. The lowest BCUT2D eigenvalue weighted by molar-refractivity contribution is -0.114. The summed E-state index contributed by atoms with van der Waals surface area (Å²) in [5, 5.41) is 6.73. The first-order chi connectivity index (χ1) is 12.4. The van der Waals surface area contributed by atoms with Crippen molar-refractivity contribution in [3.05, 3.63) is 58.9 Å². The molecule has 0 aliphatic rings. The number of anilines is 1. The van der Waals surface area contributed by atoms with E-state index in [0.717, 1.165) is 0 Å². The van der Waals surface area contributed by atoms with E-state index in [1.165, 1.54) is 0 Å². The van der Waals surface area contributed by atoms with Crippen molar-refractivity contribution in [3.63, 3.8) is 0 Å². The Hall–Kier alpha value is -2.08. The van der Waals surface area contributed by atoms with E-state index >= 15 is 0 Å². The fourth-order valence-electron chi connectivity index (χ4n) is 2.37. The van der Waals surface area contributed by atoms with Gasteiger partial charge in [0.2, 0.25) is 0 Å². The highest BCUT2D eigenvalue weighted by molar-refractivity contribution is 6.54. The minimum atomic E-state index is -1.18. The number of carbonyl (C=O) groups is 1. The van der Waals surface area contributed by atoms with E-state index in [4.69, 9.17) is 39.3 Å². The minimum absolute atomic E-state index is 0.179. The van der Waals surface area contributed by atoms with Crippen LogP contribution in [0.5, 0.6) is 0 Å². The van der Waals surface area contributed by atoms with Gasteiger partial charge in [-0.15, -0.1) is 0 Å². The predicted molar refractivity (Wildman–Crippen MR) is 101 cm³/mol. The summed E-state index contributed by atoms with van der Waals surface area (Å²) in [5.74, 6) is -0.604. The van der Waals surface area contributed by atoms with Crippen LogP contribution in [-0.2, 0) is 4.79 Å². The van der Waals surface area contributed by atoms with Gasteiger partial charge < -0.3 is 9.84 Å². The largest absolute Gasteiger partial charge is 0.356 e. The number of nitrogens with zero attached hydrogens (tertiary/aromatic N) is 1. The van der Waals surface area contributed by atoms with Crippen LogP contribution in [0.2, 0.25) is 5.02 Å². The first-order valence-corrected chi connectivity index (χ1v) is 8.73. The molecule has 134 valence electrons. The Bertz CT molecular complexity index is 973. The van der Waals surface area contributed by atoms with Gasteiger partial charge >= 0.3 is 0 Å². The molecule has 0 saturated carbocycles. The van der Waals surface area contributed by atoms with E-state index < -0.39 is 16.6 Å². The van der Waals surface area contributed by atoms with Crippen molar-refractivity contribution in [2.24, 2.45) is 0 Å². The summed E-state index contributed by atoms with van der Waals surface area (Å²) in [6.07, 6.45) is 0. The van der Waals surface area contributed by atoms with Crippen molar-refractivity contribution in [1.29, 1.82) is 0 Å². The third-order valence-corrected chi connectivity index (χ3v) is 4.37. The molecular formula is C18H12Cl3FN2O2. The lowest BCUT2D eigenvalue weighted by Gasteiger charge is -2.06. The van der Waals surface area contributed by atoms with E-state index in [2.05, 4.69) is 10.5 Å². The van der Waals surface area contributed by atoms with Crippen molar-refractivity contribution in [1.82, 2.24) is 5.16 Å². The third-order valence-electron chi connectivity index (χ3n) is 3.66. The molecule has 0 radical (unpaired) electrons. The van der Waals surface area contributed by atoms with Gasteiger partial charge in [0.25, 0.3) is 5.91 Å². The maximum atomic E-state index is 14.4. The molecule has 1 N–H and O–H groups in total. The number of nitrogens with one attached hydrogen (secondary N) is 1. The Morgan fingerprint density at radius 1 is 1.23 bits per heavy atom. The number of aromatic nitrogens is 1. The van der Waals surface area contributed by atoms with Gasteiger partial charge in [0, 0.05) is 17.3 Å². The fraction of sp³-hybridized carbons (Fsp3) is 0.111. The summed E-state index contributed by atoms with van der Waals surface area (Å²) in [6.45, 7) is 1.64. The molecule has 2 aromatic carbocycles. The van der Waals surface area contributed by atoms with Gasteiger partial charge in [0.15, 0.2) is 10.6 Å². The summed E-state index contributed by atoms with van der Waals surface area (Å²) < 4.78 is 19.7. The van der Waals surface area contributed by atoms with Gasteiger partial charge in [-0.1, -0.05) is 58.2 Å². The Balaban J connectivity index is 1.94. The molecule has 1 heterocycles. The maximum absolute atomic E-state index is 14.4. The SMILES string of the molecule is Cc1ccc(Cl)c(-c2cc(-c3cccc(NC(=O)C(Cl)Cl)c3)on2)c1F. The lowest BCUT2D eigenvalue weighted by atomic mass is 10.1. The van der Waals surface area contributed by atoms with Crippen molar-refractivity contribution < 1.29 is 13.7 Å². The molecule has 8 heteroatoms. The topological polar surface area (TPSA) is 55.1 Å². The number of amides is 1. The first-order valence-electron chi connectivity index (χ1n) is 7.48. The number of aryl methyl sites for hydroxylation is 1. The number of rotatable bonds is 4. The molecule has 3 rings (SSSR count). The number of alkyl halides is 2. The second-order valence-electron chi connectivity index (χ2n) is 5.50. The Labute approximate surface area is 163 Å². The summed E-state index contributed by atoms with van der Waals surface area (Å²) in [6, 6.07) is 11.6. The monoisotopic (exact) mass is 412 g/mol. The number of hydrogen-bond donors (Lipinski definition) is 1. The van der Waals surface area contributed by atoms with Gasteiger partial charge in [-0.2, -0.15) is 0 Å². The Morgan fingerprint density at radius 2 is 2.00 bits per heavy atom. The van der Waals surface area contributed by atoms with Crippen molar-refractivity contribution in [2.75, 3.05) is 5.32 Å². The molecule has 0 unspecified atom stereocenters. The van der Waals surface area contributed by atoms with E-state index in [0.29, 0.717) is 22.6 Å². The average Bonchev–Trinajstić information content (AvgIpc) is 3.08. The van der Waals surface area contributed by atoms with Gasteiger partial charge in [-0.25, -0.2) is 4.39 Å². The maximum Gasteiger partial charge on any atom is 0.257 e. The van der Waals surface area contributed by atoms with Crippen LogP contribution < -0.4 is 5.32 Å². The van der Waals surface area contributed by atoms with Crippen LogP contribution >= 0.6 is 34.8 Å². The highest BCUT2D eigenvalue weighted by Gasteiger charge is 2.18. The highest BCUT2D eigenvalue weighted by Crippen LogP contribution is 2.34. The van der Waals surface area contributed by atoms with Gasteiger partial charge in [-0.3, -0.25) is 4.79 Å². The van der Waals surface area contributed by atoms with Gasteiger partial charge in [-0.05, 0) is 30.7 Å². The molecule has 0 aliphatic heterocycles. The zero-order valence-electron chi connectivity index (χ0n) is 13.4. The molecule has 3 aromatic rings. The van der Waals surface area contributed by atoms with Crippen molar-refractivity contribution in [2.45, 2.75) is 11.8 Å². The standard InChI is InChI=1S/C18H12Cl3FN2O2/c1-9-5-6-12(19)15(16(9)22)13-8-14(26-24-13)10-3-2-4-11(7-10)23-18(25)17(20)21/h2-8,17H,1H3,(H,23,25). The zero-order valence-corrected chi connectivity index (χ0v) is 15.7. The van der Waals surface area contributed by atoms with Crippen molar-refractivity contribution in [3.8, 4) is 22.6 Å². The smallest absolute Gasteiger partial charge is 0.257 e. The molecule has 1 aromatic heterocycles. The van der Waals surface area contributed by atoms with Crippen LogP contribution in [0.3, 0.4) is 0 Å². The molecule has 0 aliphatic carbocycles. The van der Waals surface area contributed by atoms with E-state index in [1.807, 2.05) is 0 Å². The molecule has 26 heavy (non-hydrogen) atoms. The number of hydrogen-bond acceptors (Lipinski definition) is 3. The second-order valence-corrected chi connectivity index (χ2v) is 7.00. The third kappa shape index (κ3) is 3.85. The average molecular weight is 414 g/mol. The fourth-order valence-corrected chi connectivity index (χ4v) is 2.72. The quantitative estimate of drug-likeness (QED) is 0.546. The van der Waals surface area contributed by atoms with Gasteiger partial charge in [0.05, 0.1) is 10.6 Å². The highest BCUT2D eigenvalue weighted by atomic mass is 35.5. The molecule has 0 fully saturated rings. The van der Waals surface area contributed by atoms with Crippen LogP contribution in [0, 0.1) is 12.7 Å². The number of carbonyl (C=O) groups excluding carboxylic acids is 1. The number of benzene rings is 2. The molecule has 0 spiro atoms. The lowest BCUT2D eigenvalue weighted by Crippen LogP contribution is -2.18. The summed E-state index contributed by atoms with van der Waals surface area (Å²) in [5.41, 5.74) is 2.03. The molecule has 1 amide bonds. The minimum Gasteiger partial charge on any atom is -0.356 e. The zero-order chi connectivity index (χ0) is 18.8. The van der Waals surface area contributed by atoms with Crippen molar-refractivity contribution >= 4 is 46.4 Å². The Morgan fingerprint density at radius 3 is 2.73 bits per heavy atom. The van der Waals surface area contributed by atoms with Crippen LogP contribution in [-0.4, -0.2) is 15.9 Å². The predicted octanol–water partition coefficient (Wildman–Crippen LogP) is 5.85. The number of halogens is 4. The molecule has 0 saturated heterocycles. The van der Waals surface area contributed by atoms with E-state index in [-0.39, 0.29) is 16.3 Å². The van der Waals surface area contributed by atoms with Gasteiger partial charge in [0.1, 0.15) is 11.5 Å². The van der Waals surface area contributed by atoms with E-state index in [1.54, 1.807) is 49.4 Å². The van der Waals surface area contributed by atoms with Crippen LogP contribution in [0.15, 0.2) is 47.0 Å². The first kappa shape index (κ1) is 18.7. The molecule has 4 nitrogen and oxygen atoms in total. The summed E-state index contributed by atoms with van der Waals surface area (Å²) in [7, 11) is 0. The second kappa shape index (κ2) is 7.66. The summed E-state index contributed by atoms with van der Waals surface area (Å²) in [4.78, 5) is 10.4. The summed E-state index contributed by atoms with van der Waals surface area (Å²) >= 11 is 17.2. The van der Waals surface area contributed by atoms with E-state index in [9.17, 15) is 9.18 Å². The van der Waals surface area contributed by atoms with Crippen LogP contribution in [0.4, 0.5) is 10.1 Å². The molecular weight excluding hydrogens is 402 g/mol. The Kier molecular flexibility index (Phi) is 5.51. The normalized spacial score (nSPS) is 11.0. The molecule has 0 atom stereocenters.